The summed E-state index contributed by atoms with van der Waals surface area (Å²) in [6, 6.07) is 18.7. The van der Waals surface area contributed by atoms with Crippen LogP contribution in [0.2, 0.25) is 0 Å². The van der Waals surface area contributed by atoms with Crippen molar-refractivity contribution in [1.29, 1.82) is 0 Å². The van der Waals surface area contributed by atoms with Crippen LogP contribution in [0.25, 0.3) is 11.1 Å². The summed E-state index contributed by atoms with van der Waals surface area (Å²) in [4.78, 5) is 13.6. The fraction of sp³-hybridized carbons (Fsp3) is 0.350. The monoisotopic (exact) mass is 309 g/mol. The van der Waals surface area contributed by atoms with Crippen LogP contribution >= 0.6 is 0 Å². The second-order valence-electron chi connectivity index (χ2n) is 6.15. The number of carboxylic acid groups (broad SMARTS) is 1. The highest BCUT2D eigenvalue weighted by molar-refractivity contribution is 5.74. The van der Waals surface area contributed by atoms with Crippen molar-refractivity contribution < 1.29 is 9.90 Å². The summed E-state index contributed by atoms with van der Waals surface area (Å²) in [7, 11) is 0. The van der Waals surface area contributed by atoms with Crippen molar-refractivity contribution in [3.63, 3.8) is 0 Å². The van der Waals surface area contributed by atoms with E-state index >= 15 is 0 Å². The van der Waals surface area contributed by atoms with E-state index < -0.39 is 5.97 Å². The van der Waals surface area contributed by atoms with Gasteiger partial charge in [-0.3, -0.25) is 9.69 Å². The Labute approximate surface area is 137 Å². The Morgan fingerprint density at radius 3 is 2.39 bits per heavy atom. The van der Waals surface area contributed by atoms with E-state index in [0.717, 1.165) is 25.8 Å². The Morgan fingerprint density at radius 1 is 1.13 bits per heavy atom. The first-order valence-corrected chi connectivity index (χ1v) is 8.34. The normalized spacial score (nSPS) is 19.6. The number of carbonyl (C=O) groups is 1. The number of aliphatic carboxylic acids is 1. The number of hydrogen-bond acceptors (Lipinski definition) is 2. The average Bonchev–Trinajstić information content (AvgIpc) is 3.07. The third kappa shape index (κ3) is 3.30. The first-order chi connectivity index (χ1) is 11.2. The molecule has 2 atom stereocenters. The predicted octanol–water partition coefficient (Wildman–Crippen LogP) is 4.35. The van der Waals surface area contributed by atoms with Crippen molar-refractivity contribution in [3.8, 4) is 11.1 Å². The Bertz CT molecular complexity index is 651. The standard InChI is InChI=1S/C20H23NO2/c1-2-18(21-14-6-9-19(21)20(22)23)17-12-10-16(11-13-17)15-7-4-3-5-8-15/h3-5,7-8,10-13,18-19H,2,6,9,14H2,1H3,(H,22,23). The van der Waals surface area contributed by atoms with Crippen LogP contribution in [0.3, 0.4) is 0 Å². The highest BCUT2D eigenvalue weighted by Crippen LogP contribution is 2.33. The lowest BCUT2D eigenvalue weighted by Crippen LogP contribution is -2.38. The van der Waals surface area contributed by atoms with E-state index in [1.54, 1.807) is 0 Å². The molecule has 0 radical (unpaired) electrons. The van der Waals surface area contributed by atoms with E-state index in [1.807, 2.05) is 18.2 Å². The molecule has 3 rings (SSSR count). The molecule has 1 N–H and O–H groups in total. The van der Waals surface area contributed by atoms with E-state index in [4.69, 9.17) is 0 Å². The number of rotatable bonds is 5. The van der Waals surface area contributed by atoms with Gasteiger partial charge in [-0.1, -0.05) is 61.5 Å². The number of benzene rings is 2. The van der Waals surface area contributed by atoms with Crippen LogP contribution in [0.15, 0.2) is 54.6 Å². The predicted molar refractivity (Wildman–Crippen MR) is 92.3 cm³/mol. The molecular weight excluding hydrogens is 286 g/mol. The summed E-state index contributed by atoms with van der Waals surface area (Å²) in [6.07, 6.45) is 2.65. The molecule has 0 aliphatic carbocycles. The lowest BCUT2D eigenvalue weighted by Gasteiger charge is -2.30. The van der Waals surface area contributed by atoms with E-state index in [0.29, 0.717) is 0 Å². The number of nitrogens with zero attached hydrogens (tertiary/aromatic N) is 1. The van der Waals surface area contributed by atoms with Gasteiger partial charge < -0.3 is 5.11 Å². The molecule has 3 nitrogen and oxygen atoms in total. The maximum absolute atomic E-state index is 11.5. The van der Waals surface area contributed by atoms with E-state index in [9.17, 15) is 9.90 Å². The topological polar surface area (TPSA) is 40.5 Å². The molecule has 0 amide bonds. The number of likely N-dealkylation sites (tertiary alicyclic amines) is 1. The molecule has 0 saturated carbocycles. The zero-order valence-corrected chi connectivity index (χ0v) is 13.5. The smallest absolute Gasteiger partial charge is 0.320 e. The van der Waals surface area contributed by atoms with Gasteiger partial charge >= 0.3 is 5.97 Å². The molecule has 1 heterocycles. The minimum Gasteiger partial charge on any atom is -0.480 e. The fourth-order valence-electron chi connectivity index (χ4n) is 3.62. The van der Waals surface area contributed by atoms with Gasteiger partial charge in [0.2, 0.25) is 0 Å². The molecule has 2 unspecified atom stereocenters. The molecule has 120 valence electrons. The Morgan fingerprint density at radius 2 is 1.78 bits per heavy atom. The van der Waals surface area contributed by atoms with E-state index in [-0.39, 0.29) is 12.1 Å². The van der Waals surface area contributed by atoms with Crippen LogP contribution in [0, 0.1) is 0 Å². The summed E-state index contributed by atoms with van der Waals surface area (Å²) in [6.45, 7) is 3.00. The third-order valence-corrected chi connectivity index (χ3v) is 4.77. The van der Waals surface area contributed by atoms with Gasteiger partial charge in [0.1, 0.15) is 6.04 Å². The van der Waals surface area contributed by atoms with Gasteiger partial charge in [0, 0.05) is 6.04 Å². The zero-order chi connectivity index (χ0) is 16.2. The minimum absolute atomic E-state index is 0.184. The second-order valence-corrected chi connectivity index (χ2v) is 6.15. The highest BCUT2D eigenvalue weighted by atomic mass is 16.4. The average molecular weight is 309 g/mol. The van der Waals surface area contributed by atoms with Gasteiger partial charge in [0.25, 0.3) is 0 Å². The van der Waals surface area contributed by atoms with Crippen molar-refractivity contribution in [1.82, 2.24) is 4.90 Å². The maximum atomic E-state index is 11.5. The molecule has 23 heavy (non-hydrogen) atoms. The first kappa shape index (κ1) is 15.8. The molecule has 1 fully saturated rings. The maximum Gasteiger partial charge on any atom is 0.320 e. The zero-order valence-electron chi connectivity index (χ0n) is 13.5. The van der Waals surface area contributed by atoms with Gasteiger partial charge in [-0.2, -0.15) is 0 Å². The van der Waals surface area contributed by atoms with Gasteiger partial charge in [0.15, 0.2) is 0 Å². The molecule has 1 saturated heterocycles. The summed E-state index contributed by atoms with van der Waals surface area (Å²) in [5.41, 5.74) is 3.61. The fourth-order valence-corrected chi connectivity index (χ4v) is 3.62. The molecule has 1 aliphatic heterocycles. The van der Waals surface area contributed by atoms with Gasteiger partial charge in [-0.25, -0.2) is 0 Å². The summed E-state index contributed by atoms with van der Waals surface area (Å²) < 4.78 is 0. The highest BCUT2D eigenvalue weighted by Gasteiger charge is 2.35. The Balaban J connectivity index is 1.83. The van der Waals surface area contributed by atoms with Crippen molar-refractivity contribution >= 4 is 5.97 Å². The van der Waals surface area contributed by atoms with Crippen LogP contribution in [0.4, 0.5) is 0 Å². The number of carboxylic acids is 1. The Kier molecular flexibility index (Phi) is 4.77. The quantitative estimate of drug-likeness (QED) is 0.892. The summed E-state index contributed by atoms with van der Waals surface area (Å²) in [5.74, 6) is -0.693. The molecule has 3 heteroatoms. The largest absolute Gasteiger partial charge is 0.480 e. The van der Waals surface area contributed by atoms with Crippen LogP contribution in [-0.4, -0.2) is 28.6 Å². The SMILES string of the molecule is CCC(c1ccc(-c2ccccc2)cc1)N1CCCC1C(=O)O. The minimum atomic E-state index is -0.693. The van der Waals surface area contributed by atoms with Crippen molar-refractivity contribution in [3.05, 3.63) is 60.2 Å². The van der Waals surface area contributed by atoms with Crippen LogP contribution < -0.4 is 0 Å². The van der Waals surface area contributed by atoms with Gasteiger partial charge in [0.05, 0.1) is 0 Å². The lowest BCUT2D eigenvalue weighted by atomic mass is 9.98. The molecule has 0 aromatic heterocycles. The molecule has 1 aliphatic rings. The third-order valence-electron chi connectivity index (χ3n) is 4.77. The molecule has 0 spiro atoms. The Hall–Kier alpha value is -2.13. The van der Waals surface area contributed by atoms with Crippen LogP contribution in [-0.2, 0) is 4.79 Å². The lowest BCUT2D eigenvalue weighted by molar-refractivity contribution is -0.143. The van der Waals surface area contributed by atoms with Gasteiger partial charge in [-0.15, -0.1) is 0 Å². The van der Waals surface area contributed by atoms with Crippen molar-refractivity contribution in [2.45, 2.75) is 38.3 Å². The molecule has 2 aromatic rings. The summed E-state index contributed by atoms with van der Waals surface area (Å²) in [5, 5.41) is 9.43. The van der Waals surface area contributed by atoms with E-state index in [2.05, 4.69) is 48.2 Å². The second kappa shape index (κ2) is 6.97. The molecule has 2 aromatic carbocycles. The van der Waals surface area contributed by atoms with Gasteiger partial charge in [-0.05, 0) is 42.5 Å². The summed E-state index contributed by atoms with van der Waals surface area (Å²) >= 11 is 0. The van der Waals surface area contributed by atoms with Crippen molar-refractivity contribution in [2.75, 3.05) is 6.54 Å². The van der Waals surface area contributed by atoms with Crippen molar-refractivity contribution in [2.24, 2.45) is 0 Å². The van der Waals surface area contributed by atoms with E-state index in [1.165, 1.54) is 16.7 Å². The number of hydrogen-bond donors (Lipinski definition) is 1. The first-order valence-electron chi connectivity index (χ1n) is 8.34. The molecular formula is C20H23NO2. The van der Waals surface area contributed by atoms with Crippen LogP contribution in [0.1, 0.15) is 37.8 Å². The van der Waals surface area contributed by atoms with Crippen LogP contribution in [0.5, 0.6) is 0 Å². The molecule has 0 bridgehead atoms.